The molecule has 0 saturated carbocycles. The highest BCUT2D eigenvalue weighted by Crippen LogP contribution is 2.12. The normalized spacial score (nSPS) is 11.3. The third kappa shape index (κ3) is 3.48. The van der Waals surface area contributed by atoms with Crippen molar-refractivity contribution in [2.24, 2.45) is 0 Å². The quantitative estimate of drug-likeness (QED) is 0.655. The highest BCUT2D eigenvalue weighted by Gasteiger charge is 1.88. The van der Waals surface area contributed by atoms with Crippen molar-refractivity contribution in [3.05, 3.63) is 48.1 Å². The van der Waals surface area contributed by atoms with E-state index in [1.165, 1.54) is 5.56 Å². The van der Waals surface area contributed by atoms with E-state index >= 15 is 0 Å². The molecule has 0 N–H and O–H groups in total. The van der Waals surface area contributed by atoms with Crippen LogP contribution >= 0.6 is 0 Å². The molecule has 0 atom stereocenters. The van der Waals surface area contributed by atoms with Crippen LogP contribution in [0, 0.1) is 0 Å². The summed E-state index contributed by atoms with van der Waals surface area (Å²) < 4.78 is 5.07. The third-order valence-electron chi connectivity index (χ3n) is 1.89. The average molecular weight is 188 g/mol. The van der Waals surface area contributed by atoms with Crippen LogP contribution in [-0.4, -0.2) is 7.11 Å². The molecule has 0 bridgehead atoms. The standard InChI is InChI=1S/C13H16O/c1-3-4-5-6-7-12-8-10-13(14-2)11-9-12/h4-11H,3H2,1-2H3. The molecule has 0 aromatic heterocycles. The molecular formula is C13H16O. The molecule has 0 aliphatic carbocycles. The van der Waals surface area contributed by atoms with Crippen molar-refractivity contribution in [1.82, 2.24) is 0 Å². The molecule has 0 unspecified atom stereocenters. The fraction of sp³-hybridized carbons (Fsp3) is 0.231. The third-order valence-corrected chi connectivity index (χ3v) is 1.89. The predicted molar refractivity (Wildman–Crippen MR) is 61.5 cm³/mol. The van der Waals surface area contributed by atoms with E-state index < -0.39 is 0 Å². The smallest absolute Gasteiger partial charge is 0.118 e. The highest BCUT2D eigenvalue weighted by atomic mass is 16.5. The van der Waals surface area contributed by atoms with Gasteiger partial charge in [-0.25, -0.2) is 0 Å². The van der Waals surface area contributed by atoms with Gasteiger partial charge in [-0.1, -0.05) is 43.4 Å². The monoisotopic (exact) mass is 188 g/mol. The van der Waals surface area contributed by atoms with Crippen LogP contribution in [0.15, 0.2) is 42.5 Å². The van der Waals surface area contributed by atoms with Crippen molar-refractivity contribution < 1.29 is 4.74 Å². The van der Waals surface area contributed by atoms with Crippen LogP contribution < -0.4 is 4.74 Å². The van der Waals surface area contributed by atoms with Crippen LogP contribution in [0.4, 0.5) is 0 Å². The average Bonchev–Trinajstić information content (AvgIpc) is 2.25. The summed E-state index contributed by atoms with van der Waals surface area (Å²) in [4.78, 5) is 0. The second-order valence-corrected chi connectivity index (χ2v) is 2.97. The van der Waals surface area contributed by atoms with Crippen molar-refractivity contribution in [1.29, 1.82) is 0 Å². The molecule has 1 aromatic carbocycles. The number of hydrogen-bond donors (Lipinski definition) is 0. The van der Waals surface area contributed by atoms with E-state index in [1.54, 1.807) is 7.11 Å². The number of allylic oxidation sites excluding steroid dienone is 3. The minimum Gasteiger partial charge on any atom is -0.497 e. The Balaban J connectivity index is 2.59. The number of ether oxygens (including phenoxy) is 1. The van der Waals surface area contributed by atoms with Crippen LogP contribution in [0.3, 0.4) is 0 Å². The molecule has 14 heavy (non-hydrogen) atoms. The van der Waals surface area contributed by atoms with E-state index in [4.69, 9.17) is 4.74 Å². The molecule has 74 valence electrons. The summed E-state index contributed by atoms with van der Waals surface area (Å²) in [5, 5.41) is 0. The number of methoxy groups -OCH3 is 1. The first-order valence-corrected chi connectivity index (χ1v) is 4.84. The second kappa shape index (κ2) is 6.03. The van der Waals surface area contributed by atoms with Gasteiger partial charge in [-0.15, -0.1) is 0 Å². The molecule has 0 amide bonds. The highest BCUT2D eigenvalue weighted by molar-refractivity contribution is 5.52. The Morgan fingerprint density at radius 2 is 1.86 bits per heavy atom. The van der Waals surface area contributed by atoms with Gasteiger partial charge in [0.15, 0.2) is 0 Å². The largest absolute Gasteiger partial charge is 0.497 e. The molecule has 1 rings (SSSR count). The SMILES string of the molecule is CCC=CC=Cc1ccc(OC)cc1. The van der Waals surface area contributed by atoms with Crippen LogP contribution in [0.2, 0.25) is 0 Å². The summed E-state index contributed by atoms with van der Waals surface area (Å²) in [5.74, 6) is 0.895. The van der Waals surface area contributed by atoms with Crippen molar-refractivity contribution in [2.75, 3.05) is 7.11 Å². The zero-order valence-corrected chi connectivity index (χ0v) is 8.73. The fourth-order valence-corrected chi connectivity index (χ4v) is 1.10. The van der Waals surface area contributed by atoms with Gasteiger partial charge in [0.1, 0.15) is 5.75 Å². The van der Waals surface area contributed by atoms with Crippen LogP contribution in [0.5, 0.6) is 5.75 Å². The van der Waals surface area contributed by atoms with Crippen molar-refractivity contribution in [3.63, 3.8) is 0 Å². The summed E-state index contributed by atoms with van der Waals surface area (Å²) >= 11 is 0. The van der Waals surface area contributed by atoms with E-state index in [0.29, 0.717) is 0 Å². The molecule has 0 spiro atoms. The Morgan fingerprint density at radius 3 is 2.43 bits per heavy atom. The Morgan fingerprint density at radius 1 is 1.14 bits per heavy atom. The van der Waals surface area contributed by atoms with E-state index in [0.717, 1.165) is 12.2 Å². The van der Waals surface area contributed by atoms with Crippen LogP contribution in [0.25, 0.3) is 6.08 Å². The van der Waals surface area contributed by atoms with Gasteiger partial charge in [-0.05, 0) is 24.1 Å². The molecule has 0 aliphatic rings. The zero-order valence-electron chi connectivity index (χ0n) is 8.73. The topological polar surface area (TPSA) is 9.23 Å². The lowest BCUT2D eigenvalue weighted by atomic mass is 10.2. The summed E-state index contributed by atoms with van der Waals surface area (Å²) in [6, 6.07) is 8.00. The predicted octanol–water partition coefficient (Wildman–Crippen LogP) is 3.67. The van der Waals surface area contributed by atoms with Crippen LogP contribution in [0.1, 0.15) is 18.9 Å². The molecule has 0 heterocycles. The summed E-state index contributed by atoms with van der Waals surface area (Å²) in [6.07, 6.45) is 9.38. The summed E-state index contributed by atoms with van der Waals surface area (Å²) in [7, 11) is 1.68. The second-order valence-electron chi connectivity index (χ2n) is 2.97. The lowest BCUT2D eigenvalue weighted by Crippen LogP contribution is -1.81. The van der Waals surface area contributed by atoms with Gasteiger partial charge in [0.05, 0.1) is 7.11 Å². The number of hydrogen-bond acceptors (Lipinski definition) is 1. The van der Waals surface area contributed by atoms with Gasteiger partial charge in [0.2, 0.25) is 0 Å². The molecule has 0 aliphatic heterocycles. The van der Waals surface area contributed by atoms with Gasteiger partial charge in [0.25, 0.3) is 0 Å². The minimum atomic E-state index is 0.895. The van der Waals surface area contributed by atoms with Crippen molar-refractivity contribution >= 4 is 6.08 Å². The molecule has 1 heteroatoms. The van der Waals surface area contributed by atoms with E-state index in [2.05, 4.69) is 25.2 Å². The summed E-state index contributed by atoms with van der Waals surface area (Å²) in [6.45, 7) is 2.12. The first-order chi connectivity index (χ1) is 6.86. The van der Waals surface area contributed by atoms with Gasteiger partial charge >= 0.3 is 0 Å². The number of rotatable bonds is 4. The maximum absolute atomic E-state index is 5.07. The Bertz CT molecular complexity index is 307. The molecule has 1 aromatic rings. The zero-order chi connectivity index (χ0) is 10.2. The minimum absolute atomic E-state index is 0.895. The summed E-state index contributed by atoms with van der Waals surface area (Å²) in [5.41, 5.74) is 1.19. The van der Waals surface area contributed by atoms with E-state index in [1.807, 2.05) is 30.3 Å². The Hall–Kier alpha value is -1.50. The van der Waals surface area contributed by atoms with Gasteiger partial charge in [0, 0.05) is 0 Å². The first-order valence-electron chi connectivity index (χ1n) is 4.84. The maximum atomic E-state index is 5.07. The van der Waals surface area contributed by atoms with Gasteiger partial charge < -0.3 is 4.74 Å². The molecule has 1 nitrogen and oxygen atoms in total. The lowest BCUT2D eigenvalue weighted by molar-refractivity contribution is 0.415. The van der Waals surface area contributed by atoms with Crippen molar-refractivity contribution in [2.45, 2.75) is 13.3 Å². The van der Waals surface area contributed by atoms with E-state index in [9.17, 15) is 0 Å². The Kier molecular flexibility index (Phi) is 4.56. The Labute approximate surface area is 85.7 Å². The van der Waals surface area contributed by atoms with Crippen molar-refractivity contribution in [3.8, 4) is 5.75 Å². The van der Waals surface area contributed by atoms with Gasteiger partial charge in [-0.3, -0.25) is 0 Å². The lowest BCUT2D eigenvalue weighted by Gasteiger charge is -1.98. The maximum Gasteiger partial charge on any atom is 0.118 e. The fourth-order valence-electron chi connectivity index (χ4n) is 1.10. The molecular weight excluding hydrogens is 172 g/mol. The number of benzene rings is 1. The molecule has 0 fully saturated rings. The first kappa shape index (κ1) is 10.6. The molecule has 0 radical (unpaired) electrons. The van der Waals surface area contributed by atoms with Gasteiger partial charge in [-0.2, -0.15) is 0 Å². The van der Waals surface area contributed by atoms with Crippen LogP contribution in [-0.2, 0) is 0 Å². The molecule has 0 saturated heterocycles. The van der Waals surface area contributed by atoms with E-state index in [-0.39, 0.29) is 0 Å².